The number of oxime groups is 1. The van der Waals surface area contributed by atoms with Crippen LogP contribution in [-0.2, 0) is 9.63 Å². The summed E-state index contributed by atoms with van der Waals surface area (Å²) in [5.41, 5.74) is 1.22. The fourth-order valence-electron chi connectivity index (χ4n) is 1.05. The molecule has 1 rings (SSSR count). The van der Waals surface area contributed by atoms with Gasteiger partial charge in [0.25, 0.3) is 0 Å². The Morgan fingerprint density at radius 2 is 2.00 bits per heavy atom. The lowest BCUT2D eigenvalue weighted by Crippen LogP contribution is -2.06. The van der Waals surface area contributed by atoms with E-state index in [1.54, 1.807) is 25.1 Å². The van der Waals surface area contributed by atoms with Crippen LogP contribution < -0.4 is 0 Å². The van der Waals surface area contributed by atoms with Gasteiger partial charge < -0.3 is 4.84 Å². The van der Waals surface area contributed by atoms with Gasteiger partial charge in [-0.3, -0.25) is 4.79 Å². The second kappa shape index (κ2) is 6.08. The van der Waals surface area contributed by atoms with Crippen molar-refractivity contribution in [3.05, 3.63) is 40.9 Å². The Morgan fingerprint density at radius 3 is 2.56 bits per heavy atom. The van der Waals surface area contributed by atoms with Crippen LogP contribution in [-0.4, -0.2) is 18.6 Å². The van der Waals surface area contributed by atoms with Crippen LogP contribution in [0.2, 0.25) is 5.02 Å². The molecule has 0 aliphatic carbocycles. The van der Waals surface area contributed by atoms with Crippen LogP contribution in [0.15, 0.2) is 35.5 Å². The molecule has 1 aromatic carbocycles. The Morgan fingerprint density at radius 1 is 1.38 bits per heavy atom. The van der Waals surface area contributed by atoms with E-state index < -0.39 is 0 Å². The van der Waals surface area contributed by atoms with E-state index in [0.29, 0.717) is 10.7 Å². The minimum atomic E-state index is -0.184. The van der Waals surface area contributed by atoms with Gasteiger partial charge in [-0.1, -0.05) is 35.0 Å². The fourth-order valence-corrected chi connectivity index (χ4v) is 1.17. The van der Waals surface area contributed by atoms with E-state index in [2.05, 4.69) is 9.99 Å². The maximum absolute atomic E-state index is 11.4. The van der Waals surface area contributed by atoms with Gasteiger partial charge in [0.1, 0.15) is 12.8 Å². The Hall–Kier alpha value is -1.61. The number of carbonyl (C=O) groups is 1. The molecule has 3 nitrogen and oxygen atoms in total. The molecule has 0 amide bonds. The lowest BCUT2D eigenvalue weighted by atomic mass is 10.2. The highest BCUT2D eigenvalue weighted by Gasteiger charge is 2.01. The molecule has 0 bridgehead atoms. The summed E-state index contributed by atoms with van der Waals surface area (Å²) >= 11 is 5.74. The number of hydrogen-bond donors (Lipinski definition) is 0. The first-order valence-corrected chi connectivity index (χ1v) is 5.07. The smallest absolute Gasteiger partial charge is 0.203 e. The maximum Gasteiger partial charge on any atom is 0.203 e. The summed E-state index contributed by atoms with van der Waals surface area (Å²) in [5.74, 6) is -0.184. The molecule has 16 heavy (non-hydrogen) atoms. The van der Waals surface area contributed by atoms with Gasteiger partial charge in [-0.15, -0.1) is 0 Å². The highest BCUT2D eigenvalue weighted by Crippen LogP contribution is 2.10. The van der Waals surface area contributed by atoms with E-state index >= 15 is 0 Å². The van der Waals surface area contributed by atoms with Crippen LogP contribution in [0.5, 0.6) is 0 Å². The summed E-state index contributed by atoms with van der Waals surface area (Å²) in [4.78, 5) is 16.0. The standard InChI is InChI=1S/C12H12ClNO2/c1-9(14-16-2)12(15)8-5-10-3-6-11(13)7-4-10/h3-8H,1-2H3/b8-5+,14-9+. The van der Waals surface area contributed by atoms with E-state index in [-0.39, 0.29) is 5.78 Å². The van der Waals surface area contributed by atoms with Gasteiger partial charge in [0.15, 0.2) is 0 Å². The summed E-state index contributed by atoms with van der Waals surface area (Å²) in [7, 11) is 1.40. The first-order chi connectivity index (χ1) is 7.63. The molecule has 0 saturated carbocycles. The van der Waals surface area contributed by atoms with Crippen molar-refractivity contribution >= 4 is 29.2 Å². The van der Waals surface area contributed by atoms with Gasteiger partial charge in [-0.2, -0.15) is 0 Å². The zero-order valence-corrected chi connectivity index (χ0v) is 9.86. The second-order valence-corrected chi connectivity index (χ2v) is 3.54. The quantitative estimate of drug-likeness (QED) is 0.459. The van der Waals surface area contributed by atoms with Crippen molar-refractivity contribution in [3.63, 3.8) is 0 Å². The fraction of sp³-hybridized carbons (Fsp3) is 0.167. The number of carbonyl (C=O) groups excluding carboxylic acids is 1. The van der Waals surface area contributed by atoms with E-state index in [1.165, 1.54) is 13.2 Å². The number of halogens is 1. The molecule has 0 saturated heterocycles. The van der Waals surface area contributed by atoms with Crippen molar-refractivity contribution in [1.29, 1.82) is 0 Å². The number of ketones is 1. The van der Waals surface area contributed by atoms with Gasteiger partial charge in [0.2, 0.25) is 5.78 Å². The minimum Gasteiger partial charge on any atom is -0.399 e. The molecule has 0 fully saturated rings. The van der Waals surface area contributed by atoms with Gasteiger partial charge >= 0.3 is 0 Å². The van der Waals surface area contributed by atoms with Crippen LogP contribution in [0, 0.1) is 0 Å². The van der Waals surface area contributed by atoms with Gasteiger partial charge in [0.05, 0.1) is 0 Å². The molecular formula is C12H12ClNO2. The third-order valence-electron chi connectivity index (χ3n) is 1.88. The lowest BCUT2D eigenvalue weighted by Gasteiger charge is -1.94. The average molecular weight is 238 g/mol. The van der Waals surface area contributed by atoms with Gasteiger partial charge in [0, 0.05) is 5.02 Å². The molecule has 4 heteroatoms. The van der Waals surface area contributed by atoms with Crippen molar-refractivity contribution in [2.75, 3.05) is 7.11 Å². The third kappa shape index (κ3) is 3.87. The zero-order chi connectivity index (χ0) is 12.0. The molecular weight excluding hydrogens is 226 g/mol. The van der Waals surface area contributed by atoms with Crippen molar-refractivity contribution < 1.29 is 9.63 Å². The average Bonchev–Trinajstić information content (AvgIpc) is 2.28. The Kier molecular flexibility index (Phi) is 4.73. The van der Waals surface area contributed by atoms with Crippen LogP contribution in [0.25, 0.3) is 6.08 Å². The number of benzene rings is 1. The number of rotatable bonds is 4. The summed E-state index contributed by atoms with van der Waals surface area (Å²) < 4.78 is 0. The van der Waals surface area contributed by atoms with Crippen molar-refractivity contribution in [3.8, 4) is 0 Å². The lowest BCUT2D eigenvalue weighted by molar-refractivity contribution is -0.109. The summed E-state index contributed by atoms with van der Waals surface area (Å²) in [6, 6.07) is 7.19. The van der Waals surface area contributed by atoms with Crippen LogP contribution in [0.1, 0.15) is 12.5 Å². The minimum absolute atomic E-state index is 0.184. The number of hydrogen-bond acceptors (Lipinski definition) is 3. The Balaban J connectivity index is 2.70. The summed E-state index contributed by atoms with van der Waals surface area (Å²) in [5, 5.41) is 4.21. The zero-order valence-electron chi connectivity index (χ0n) is 9.11. The highest BCUT2D eigenvalue weighted by molar-refractivity contribution is 6.43. The predicted octanol–water partition coefficient (Wildman–Crippen LogP) is 2.94. The molecule has 0 atom stereocenters. The van der Waals surface area contributed by atoms with Crippen LogP contribution >= 0.6 is 11.6 Å². The van der Waals surface area contributed by atoms with Gasteiger partial charge in [-0.05, 0) is 30.7 Å². The predicted molar refractivity (Wildman–Crippen MR) is 65.6 cm³/mol. The SMILES string of the molecule is CO/N=C(\C)C(=O)/C=C/c1ccc(Cl)cc1. The van der Waals surface area contributed by atoms with Crippen molar-refractivity contribution in [2.45, 2.75) is 6.92 Å². The van der Waals surface area contributed by atoms with Crippen LogP contribution in [0.4, 0.5) is 0 Å². The summed E-state index contributed by atoms with van der Waals surface area (Å²) in [6.07, 6.45) is 3.15. The molecule has 0 heterocycles. The number of nitrogens with zero attached hydrogens (tertiary/aromatic N) is 1. The largest absolute Gasteiger partial charge is 0.399 e. The summed E-state index contributed by atoms with van der Waals surface area (Å²) in [6.45, 7) is 1.60. The molecule has 0 aliphatic rings. The molecule has 0 unspecified atom stereocenters. The highest BCUT2D eigenvalue weighted by atomic mass is 35.5. The topological polar surface area (TPSA) is 38.7 Å². The van der Waals surface area contributed by atoms with Crippen molar-refractivity contribution in [2.24, 2.45) is 5.16 Å². The van der Waals surface area contributed by atoms with E-state index in [0.717, 1.165) is 5.56 Å². The normalized spacial score (nSPS) is 11.8. The van der Waals surface area contributed by atoms with E-state index in [9.17, 15) is 4.79 Å². The first-order valence-electron chi connectivity index (χ1n) is 4.69. The molecule has 0 spiro atoms. The molecule has 0 aromatic heterocycles. The van der Waals surface area contributed by atoms with Crippen molar-refractivity contribution in [1.82, 2.24) is 0 Å². The molecule has 84 valence electrons. The Labute approximate surface area is 99.4 Å². The molecule has 0 N–H and O–H groups in total. The third-order valence-corrected chi connectivity index (χ3v) is 2.13. The number of allylic oxidation sites excluding steroid dienone is 1. The van der Waals surface area contributed by atoms with E-state index in [1.807, 2.05) is 12.1 Å². The van der Waals surface area contributed by atoms with Crippen LogP contribution in [0.3, 0.4) is 0 Å². The molecule has 1 aromatic rings. The maximum atomic E-state index is 11.4. The monoisotopic (exact) mass is 237 g/mol. The molecule has 0 radical (unpaired) electrons. The second-order valence-electron chi connectivity index (χ2n) is 3.11. The molecule has 0 aliphatic heterocycles. The van der Waals surface area contributed by atoms with E-state index in [4.69, 9.17) is 11.6 Å². The Bertz CT molecular complexity index is 421. The van der Waals surface area contributed by atoms with Gasteiger partial charge in [-0.25, -0.2) is 0 Å². The first kappa shape index (κ1) is 12.5.